The summed E-state index contributed by atoms with van der Waals surface area (Å²) < 4.78 is 11.2. The van der Waals surface area contributed by atoms with Crippen molar-refractivity contribution < 1.29 is 14.3 Å². The van der Waals surface area contributed by atoms with Crippen LogP contribution in [0.3, 0.4) is 0 Å². The summed E-state index contributed by atoms with van der Waals surface area (Å²) in [5, 5.41) is 0. The van der Waals surface area contributed by atoms with Gasteiger partial charge in [0, 0.05) is 4.47 Å². The maximum Gasteiger partial charge on any atom is 0.341 e. The Labute approximate surface area is 120 Å². The lowest BCUT2D eigenvalue weighted by molar-refractivity contribution is 0.0595. The zero-order valence-corrected chi connectivity index (χ0v) is 12.0. The van der Waals surface area contributed by atoms with Crippen LogP contribution in [0.4, 0.5) is 0 Å². The third-order valence-electron chi connectivity index (χ3n) is 2.58. The Morgan fingerprint density at radius 1 is 1.16 bits per heavy atom. The van der Waals surface area contributed by atoms with Crippen molar-refractivity contribution in [2.45, 2.75) is 6.61 Å². The normalized spacial score (nSPS) is 10.0. The molecule has 4 heteroatoms. The standard InChI is InChI=1S/C15H13BrO3/c1-18-15(17)13-9-12(16)7-8-14(13)19-10-11-5-3-2-4-6-11/h2-9H,10H2,1H3. The fraction of sp³-hybridized carbons (Fsp3) is 0.133. The van der Waals surface area contributed by atoms with E-state index in [2.05, 4.69) is 15.9 Å². The molecular weight excluding hydrogens is 308 g/mol. The van der Waals surface area contributed by atoms with Gasteiger partial charge in [-0.1, -0.05) is 46.3 Å². The van der Waals surface area contributed by atoms with E-state index in [0.717, 1.165) is 10.0 Å². The maximum atomic E-state index is 11.7. The lowest BCUT2D eigenvalue weighted by atomic mass is 10.2. The van der Waals surface area contributed by atoms with Crippen molar-refractivity contribution in [2.24, 2.45) is 0 Å². The number of halogens is 1. The average molecular weight is 321 g/mol. The van der Waals surface area contributed by atoms with Crippen molar-refractivity contribution >= 4 is 21.9 Å². The van der Waals surface area contributed by atoms with Gasteiger partial charge in [0.25, 0.3) is 0 Å². The van der Waals surface area contributed by atoms with Gasteiger partial charge in [0.2, 0.25) is 0 Å². The van der Waals surface area contributed by atoms with Crippen LogP contribution < -0.4 is 4.74 Å². The minimum Gasteiger partial charge on any atom is -0.488 e. The molecule has 0 unspecified atom stereocenters. The molecule has 0 bridgehead atoms. The van der Waals surface area contributed by atoms with Crippen LogP contribution >= 0.6 is 15.9 Å². The van der Waals surface area contributed by atoms with Crippen LogP contribution in [-0.2, 0) is 11.3 Å². The first-order valence-corrected chi connectivity index (χ1v) is 6.54. The highest BCUT2D eigenvalue weighted by atomic mass is 79.9. The van der Waals surface area contributed by atoms with Crippen LogP contribution in [0, 0.1) is 0 Å². The smallest absolute Gasteiger partial charge is 0.341 e. The van der Waals surface area contributed by atoms with Gasteiger partial charge in [0.05, 0.1) is 7.11 Å². The molecule has 0 fully saturated rings. The van der Waals surface area contributed by atoms with Gasteiger partial charge in [-0.05, 0) is 23.8 Å². The molecule has 3 nitrogen and oxygen atoms in total. The quantitative estimate of drug-likeness (QED) is 0.803. The SMILES string of the molecule is COC(=O)c1cc(Br)ccc1OCc1ccccc1. The Kier molecular flexibility index (Phi) is 4.58. The molecule has 0 aliphatic carbocycles. The second-order valence-corrected chi connectivity index (χ2v) is 4.82. The molecule has 0 aliphatic rings. The minimum atomic E-state index is -0.413. The number of hydrogen-bond donors (Lipinski definition) is 0. The van der Waals surface area contributed by atoms with E-state index in [-0.39, 0.29) is 0 Å². The van der Waals surface area contributed by atoms with Crippen LogP contribution in [0.5, 0.6) is 5.75 Å². The van der Waals surface area contributed by atoms with Crippen molar-refractivity contribution in [1.82, 2.24) is 0 Å². The van der Waals surface area contributed by atoms with Crippen molar-refractivity contribution in [3.8, 4) is 5.75 Å². The summed E-state index contributed by atoms with van der Waals surface area (Å²) in [6, 6.07) is 15.0. The van der Waals surface area contributed by atoms with Gasteiger partial charge in [0.15, 0.2) is 0 Å². The van der Waals surface area contributed by atoms with Gasteiger partial charge in [-0.25, -0.2) is 4.79 Å². The number of rotatable bonds is 4. The third kappa shape index (κ3) is 3.58. The monoisotopic (exact) mass is 320 g/mol. The largest absolute Gasteiger partial charge is 0.488 e. The zero-order chi connectivity index (χ0) is 13.7. The van der Waals surface area contributed by atoms with E-state index in [1.165, 1.54) is 7.11 Å². The molecule has 19 heavy (non-hydrogen) atoms. The van der Waals surface area contributed by atoms with Crippen molar-refractivity contribution in [3.63, 3.8) is 0 Å². The Hall–Kier alpha value is -1.81. The lowest BCUT2D eigenvalue weighted by Crippen LogP contribution is -2.06. The maximum absolute atomic E-state index is 11.7. The van der Waals surface area contributed by atoms with Crippen LogP contribution in [0.15, 0.2) is 53.0 Å². The highest BCUT2D eigenvalue weighted by molar-refractivity contribution is 9.10. The molecule has 0 heterocycles. The summed E-state index contributed by atoms with van der Waals surface area (Å²) in [4.78, 5) is 11.7. The predicted molar refractivity (Wildman–Crippen MR) is 76.3 cm³/mol. The van der Waals surface area contributed by atoms with E-state index >= 15 is 0 Å². The van der Waals surface area contributed by atoms with Gasteiger partial charge < -0.3 is 9.47 Å². The van der Waals surface area contributed by atoms with Gasteiger partial charge in [0.1, 0.15) is 17.9 Å². The highest BCUT2D eigenvalue weighted by Crippen LogP contribution is 2.24. The summed E-state index contributed by atoms with van der Waals surface area (Å²) in [6.45, 7) is 0.409. The summed E-state index contributed by atoms with van der Waals surface area (Å²) in [5.74, 6) is 0.100. The Bertz CT molecular complexity index is 567. The molecule has 0 aliphatic heterocycles. The van der Waals surface area contributed by atoms with Gasteiger partial charge in [-0.15, -0.1) is 0 Å². The van der Waals surface area contributed by atoms with Crippen LogP contribution in [0.1, 0.15) is 15.9 Å². The molecule has 0 amide bonds. The molecule has 98 valence electrons. The summed E-state index contributed by atoms with van der Waals surface area (Å²) in [6.07, 6.45) is 0. The van der Waals surface area contributed by atoms with Gasteiger partial charge >= 0.3 is 5.97 Å². The first-order chi connectivity index (χ1) is 9.20. The summed E-state index contributed by atoms with van der Waals surface area (Å²) >= 11 is 3.33. The Balaban J connectivity index is 2.18. The number of esters is 1. The average Bonchev–Trinajstić information content (AvgIpc) is 2.46. The summed E-state index contributed by atoms with van der Waals surface area (Å²) in [7, 11) is 1.35. The fourth-order valence-corrected chi connectivity index (χ4v) is 1.99. The molecule has 0 aromatic heterocycles. The van der Waals surface area contributed by atoms with Crippen LogP contribution in [0.25, 0.3) is 0 Å². The first kappa shape index (κ1) is 13.6. The number of carbonyl (C=O) groups is 1. The van der Waals surface area contributed by atoms with Crippen LogP contribution in [0.2, 0.25) is 0 Å². The molecule has 0 spiro atoms. The highest BCUT2D eigenvalue weighted by Gasteiger charge is 2.13. The van der Waals surface area contributed by atoms with Gasteiger partial charge in [-0.2, -0.15) is 0 Å². The molecule has 0 atom stereocenters. The topological polar surface area (TPSA) is 35.5 Å². The second kappa shape index (κ2) is 6.38. The van der Waals surface area contributed by atoms with E-state index in [1.54, 1.807) is 12.1 Å². The molecule has 2 rings (SSSR count). The Morgan fingerprint density at radius 2 is 1.89 bits per heavy atom. The molecular formula is C15H13BrO3. The molecule has 2 aromatic rings. The van der Waals surface area contributed by atoms with E-state index in [1.807, 2.05) is 36.4 Å². The van der Waals surface area contributed by atoms with Crippen LogP contribution in [-0.4, -0.2) is 13.1 Å². The molecule has 2 aromatic carbocycles. The number of carbonyl (C=O) groups excluding carboxylic acids is 1. The zero-order valence-electron chi connectivity index (χ0n) is 10.4. The van der Waals surface area contributed by atoms with E-state index < -0.39 is 5.97 Å². The van der Waals surface area contributed by atoms with E-state index in [4.69, 9.17) is 9.47 Å². The van der Waals surface area contributed by atoms with Gasteiger partial charge in [-0.3, -0.25) is 0 Å². The molecule has 0 saturated carbocycles. The third-order valence-corrected chi connectivity index (χ3v) is 3.08. The second-order valence-electron chi connectivity index (χ2n) is 3.91. The minimum absolute atomic E-state index is 0.409. The van der Waals surface area contributed by atoms with Crippen molar-refractivity contribution in [1.29, 1.82) is 0 Å². The fourth-order valence-electron chi connectivity index (χ4n) is 1.63. The molecule has 0 saturated heterocycles. The Morgan fingerprint density at radius 3 is 2.58 bits per heavy atom. The first-order valence-electron chi connectivity index (χ1n) is 5.75. The number of hydrogen-bond acceptors (Lipinski definition) is 3. The lowest BCUT2D eigenvalue weighted by Gasteiger charge is -2.10. The van der Waals surface area contributed by atoms with E-state index in [9.17, 15) is 4.79 Å². The molecule has 0 N–H and O–H groups in total. The number of methoxy groups -OCH3 is 1. The predicted octanol–water partition coefficient (Wildman–Crippen LogP) is 3.81. The van der Waals surface area contributed by atoms with Crippen molar-refractivity contribution in [2.75, 3.05) is 7.11 Å². The number of ether oxygens (including phenoxy) is 2. The molecule has 0 radical (unpaired) electrons. The summed E-state index contributed by atoms with van der Waals surface area (Å²) in [5.41, 5.74) is 1.45. The van der Waals surface area contributed by atoms with E-state index in [0.29, 0.717) is 17.9 Å². The number of benzene rings is 2. The van der Waals surface area contributed by atoms with Crippen molar-refractivity contribution in [3.05, 3.63) is 64.1 Å².